The molecule has 0 unspecified atom stereocenters. The molecule has 4 aromatic carbocycles. The molecule has 0 aliphatic heterocycles. The highest BCUT2D eigenvalue weighted by Gasteiger charge is 2.24. The maximum atomic E-state index is 8.63. The summed E-state index contributed by atoms with van der Waals surface area (Å²) in [4.78, 5) is 0. The number of quaternary nitrogens is 2. The van der Waals surface area contributed by atoms with Gasteiger partial charge in [0.2, 0.25) is 0 Å². The molecule has 6 N–H and O–H groups in total. The first-order valence-corrected chi connectivity index (χ1v) is 22.2. The van der Waals surface area contributed by atoms with Gasteiger partial charge in [-0.2, -0.15) is 0 Å². The molecule has 4 aliphatic carbocycles. The summed E-state index contributed by atoms with van der Waals surface area (Å²) in [6.07, 6.45) is 29.9. The normalized spacial score (nSPS) is 17.7. The number of phenolic OH excluding ortho intramolecular Hbond substituents is 2. The molecule has 4 fully saturated rings. The summed E-state index contributed by atoms with van der Waals surface area (Å²) in [6, 6.07) is 36.6. The van der Waals surface area contributed by atoms with E-state index in [9.17, 15) is 0 Å². The lowest BCUT2D eigenvalue weighted by Crippen LogP contribution is -2.95. The molecule has 10 nitrogen and oxygen atoms in total. The first-order chi connectivity index (χ1) is 28.6. The van der Waals surface area contributed by atoms with E-state index in [2.05, 4.69) is 41.5 Å². The number of hydrogen-bond acceptors (Lipinski definition) is 6. The standard InChI is InChI=1S/2C12H23N.2C6H4N3.2C6H6O/c2*1-3-7-11(8-4-1)13-12-9-5-2-6-10-12;2*1-2-4-6-5(3-1)7-9-8-6;2*7-6-4-2-1-3-5-6/h2*11-13H,1-10H2;2*1-4H;2*1-5,7H/q;;2*-1;;/p+2. The molecule has 6 aromatic rings. The second-order valence-electron chi connectivity index (χ2n) is 16.2. The molecular formula is C48H68N8O2. The van der Waals surface area contributed by atoms with Gasteiger partial charge in [0.1, 0.15) is 11.5 Å². The molecule has 4 aliphatic rings. The molecule has 2 aromatic heterocycles. The second-order valence-corrected chi connectivity index (χ2v) is 16.2. The van der Waals surface area contributed by atoms with Crippen LogP contribution in [0.4, 0.5) is 0 Å². The predicted molar refractivity (Wildman–Crippen MR) is 233 cm³/mol. The topological polar surface area (TPSA) is 153 Å². The lowest BCUT2D eigenvalue weighted by atomic mass is 9.91. The third kappa shape index (κ3) is 17.8. The Bertz CT molecular complexity index is 1630. The van der Waals surface area contributed by atoms with Crippen molar-refractivity contribution < 1.29 is 20.8 Å². The first-order valence-electron chi connectivity index (χ1n) is 22.2. The van der Waals surface area contributed by atoms with Gasteiger partial charge < -0.3 is 51.7 Å². The van der Waals surface area contributed by atoms with Crippen molar-refractivity contribution in [2.45, 2.75) is 153 Å². The van der Waals surface area contributed by atoms with Crippen molar-refractivity contribution in [2.24, 2.45) is 0 Å². The summed E-state index contributed by atoms with van der Waals surface area (Å²) < 4.78 is 0. The van der Waals surface area contributed by atoms with Crippen LogP contribution in [0.2, 0.25) is 0 Å². The number of benzene rings is 4. The summed E-state index contributed by atoms with van der Waals surface area (Å²) in [5.74, 6) is 0.644. The van der Waals surface area contributed by atoms with Crippen molar-refractivity contribution in [3.8, 4) is 11.5 Å². The van der Waals surface area contributed by atoms with Gasteiger partial charge in [-0.3, -0.25) is 0 Å². The maximum absolute atomic E-state index is 8.63. The summed E-state index contributed by atoms with van der Waals surface area (Å²) in [6.45, 7) is 0. The maximum Gasteiger partial charge on any atom is 0.115 e. The smallest absolute Gasteiger partial charge is 0.115 e. The largest absolute Gasteiger partial charge is 0.508 e. The number of aromatic nitrogens is 6. The van der Waals surface area contributed by atoms with Crippen molar-refractivity contribution in [1.29, 1.82) is 0 Å². The quantitative estimate of drug-likeness (QED) is 0.139. The van der Waals surface area contributed by atoms with Gasteiger partial charge in [-0.05, 0) is 151 Å². The minimum Gasteiger partial charge on any atom is -0.508 e. The number of phenols is 2. The fraction of sp³-hybridized carbons (Fsp3) is 0.500. The highest BCUT2D eigenvalue weighted by atomic mass is 16.3. The molecule has 4 saturated carbocycles. The van der Waals surface area contributed by atoms with Crippen molar-refractivity contribution in [1.82, 2.24) is 30.8 Å². The van der Waals surface area contributed by atoms with Crippen LogP contribution in [0, 0.1) is 0 Å². The van der Waals surface area contributed by atoms with E-state index in [1.54, 1.807) is 48.5 Å². The zero-order valence-corrected chi connectivity index (χ0v) is 34.6. The second kappa shape index (κ2) is 27.0. The van der Waals surface area contributed by atoms with Crippen LogP contribution in [0.5, 0.6) is 11.5 Å². The highest BCUT2D eigenvalue weighted by Crippen LogP contribution is 2.20. The molecule has 10 rings (SSSR count). The van der Waals surface area contributed by atoms with Crippen LogP contribution in [0.25, 0.3) is 22.1 Å². The summed E-state index contributed by atoms with van der Waals surface area (Å²) >= 11 is 0. The van der Waals surface area contributed by atoms with Crippen molar-refractivity contribution >= 4 is 22.1 Å². The first kappa shape index (κ1) is 44.3. The van der Waals surface area contributed by atoms with Crippen LogP contribution in [-0.2, 0) is 0 Å². The van der Waals surface area contributed by atoms with E-state index in [0.29, 0.717) is 11.5 Å². The minimum absolute atomic E-state index is 0.322. The van der Waals surface area contributed by atoms with Gasteiger partial charge in [-0.1, -0.05) is 86.3 Å². The number of rotatable bonds is 4. The lowest BCUT2D eigenvalue weighted by Gasteiger charge is -2.27. The molecule has 10 heteroatoms. The van der Waals surface area contributed by atoms with E-state index in [1.165, 1.54) is 128 Å². The number of hydrogen-bond donors (Lipinski definition) is 4. The number of nitrogens with zero attached hydrogens (tertiary/aromatic N) is 6. The average molecular weight is 789 g/mol. The molecule has 0 saturated heterocycles. The van der Waals surface area contributed by atoms with E-state index in [4.69, 9.17) is 10.2 Å². The van der Waals surface area contributed by atoms with E-state index < -0.39 is 0 Å². The number of aromatic hydroxyl groups is 2. The third-order valence-corrected chi connectivity index (χ3v) is 11.6. The van der Waals surface area contributed by atoms with Crippen LogP contribution in [-0.4, -0.2) is 54.8 Å². The minimum atomic E-state index is 0.322. The molecule has 0 atom stereocenters. The molecule has 0 radical (unpaired) electrons. The Balaban J connectivity index is 0.000000135. The van der Waals surface area contributed by atoms with Crippen LogP contribution >= 0.6 is 0 Å². The van der Waals surface area contributed by atoms with Gasteiger partial charge >= 0.3 is 0 Å². The Morgan fingerprint density at radius 1 is 0.328 bits per heavy atom. The van der Waals surface area contributed by atoms with Gasteiger partial charge in [-0.15, -0.1) is 0 Å². The fourth-order valence-electron chi connectivity index (χ4n) is 8.44. The monoisotopic (exact) mass is 789 g/mol. The zero-order chi connectivity index (χ0) is 40.3. The molecule has 312 valence electrons. The summed E-state index contributed by atoms with van der Waals surface area (Å²) in [7, 11) is 0. The summed E-state index contributed by atoms with van der Waals surface area (Å²) in [5, 5.41) is 44.7. The van der Waals surface area contributed by atoms with Crippen LogP contribution in [0.15, 0.2) is 109 Å². The number of fused-ring (bicyclic) bond motifs is 2. The van der Waals surface area contributed by atoms with Crippen LogP contribution in [0.3, 0.4) is 0 Å². The van der Waals surface area contributed by atoms with Crippen molar-refractivity contribution in [2.75, 3.05) is 0 Å². The van der Waals surface area contributed by atoms with Gasteiger partial charge in [0.25, 0.3) is 0 Å². The number of nitrogens with two attached hydrogens (primary N) is 2. The van der Waals surface area contributed by atoms with E-state index in [0.717, 1.165) is 46.2 Å². The Morgan fingerprint density at radius 2 is 0.552 bits per heavy atom. The Kier molecular flexibility index (Phi) is 20.6. The molecular weight excluding hydrogens is 721 g/mol. The van der Waals surface area contributed by atoms with Gasteiger partial charge in [0, 0.05) is 0 Å². The van der Waals surface area contributed by atoms with E-state index in [-0.39, 0.29) is 0 Å². The average Bonchev–Trinajstić information content (AvgIpc) is 3.98. The Hall–Kier alpha value is -4.80. The Morgan fingerprint density at radius 3 is 0.759 bits per heavy atom. The van der Waals surface area contributed by atoms with Crippen molar-refractivity contribution in [3.63, 3.8) is 0 Å². The van der Waals surface area contributed by atoms with Gasteiger partial charge in [0.15, 0.2) is 0 Å². The number of para-hydroxylation sites is 2. The molecule has 0 bridgehead atoms. The molecule has 2 heterocycles. The highest BCUT2D eigenvalue weighted by molar-refractivity contribution is 5.73. The summed E-state index contributed by atoms with van der Waals surface area (Å²) in [5.41, 5.74) is 3.44. The SMILES string of the molecule is C1CCC([NH2+]C2CCCCC2)CC1.C1CCC([NH2+]C2CCCCC2)CC1.Oc1ccccc1.Oc1ccccc1.c1ccc2n[n-]nc2c1.c1ccc2n[n-]nc2c1. The van der Waals surface area contributed by atoms with Crippen molar-refractivity contribution in [3.05, 3.63) is 109 Å². The molecule has 0 amide bonds. The lowest BCUT2D eigenvalue weighted by molar-refractivity contribution is -0.726. The fourth-order valence-corrected chi connectivity index (χ4v) is 8.44. The third-order valence-electron chi connectivity index (χ3n) is 11.6. The van der Waals surface area contributed by atoms with Crippen LogP contribution < -0.4 is 21.1 Å². The molecule has 58 heavy (non-hydrogen) atoms. The van der Waals surface area contributed by atoms with Gasteiger partial charge in [-0.25, -0.2) is 0 Å². The van der Waals surface area contributed by atoms with E-state index >= 15 is 0 Å². The van der Waals surface area contributed by atoms with Gasteiger partial charge in [0.05, 0.1) is 46.2 Å². The zero-order valence-electron chi connectivity index (χ0n) is 34.6. The van der Waals surface area contributed by atoms with E-state index in [1.807, 2.05) is 60.7 Å². The Labute approximate surface area is 346 Å². The predicted octanol–water partition coefficient (Wildman–Crippen LogP) is 8.39. The van der Waals surface area contributed by atoms with Crippen LogP contribution in [0.1, 0.15) is 128 Å². The molecule has 0 spiro atoms.